The van der Waals surface area contributed by atoms with Crippen LogP contribution < -0.4 is 0 Å². The minimum absolute atomic E-state index is 1.24. The lowest BCUT2D eigenvalue weighted by molar-refractivity contribution is 0.674. The molecule has 0 aromatic heterocycles. The molecular weight excluding hydrogens is 144 g/mol. The van der Waals surface area contributed by atoms with Gasteiger partial charge in [0.25, 0.3) is 0 Å². The average molecular weight is 166 g/mol. The first-order valence-corrected chi connectivity index (χ1v) is 5.07. The molecule has 0 amide bonds. The molecule has 0 aliphatic rings. The van der Waals surface area contributed by atoms with Crippen LogP contribution in [0.5, 0.6) is 0 Å². The van der Waals surface area contributed by atoms with Gasteiger partial charge < -0.3 is 0 Å². The molecule has 0 atom stereocenters. The number of allylic oxidation sites excluding steroid dienone is 4. The fourth-order valence-electron chi connectivity index (χ4n) is 1.05. The van der Waals surface area contributed by atoms with Crippen molar-refractivity contribution in [2.24, 2.45) is 0 Å². The van der Waals surface area contributed by atoms with E-state index < -0.39 is 0 Å². The summed E-state index contributed by atoms with van der Waals surface area (Å²) in [5.41, 5.74) is 1.37. The zero-order valence-electron chi connectivity index (χ0n) is 8.77. The van der Waals surface area contributed by atoms with E-state index in [0.29, 0.717) is 0 Å². The number of hydrogen-bond acceptors (Lipinski definition) is 0. The van der Waals surface area contributed by atoms with E-state index in [9.17, 15) is 0 Å². The van der Waals surface area contributed by atoms with Crippen LogP contribution in [0.1, 0.15) is 52.9 Å². The maximum absolute atomic E-state index is 2.27. The molecule has 0 bridgehead atoms. The van der Waals surface area contributed by atoms with Gasteiger partial charge in [0.2, 0.25) is 0 Å². The predicted octanol–water partition coefficient (Wildman–Crippen LogP) is 4.48. The molecule has 0 radical (unpaired) electrons. The Morgan fingerprint density at radius 2 is 1.83 bits per heavy atom. The molecule has 0 aromatic carbocycles. The van der Waals surface area contributed by atoms with Crippen molar-refractivity contribution in [3.63, 3.8) is 0 Å². The Balaban J connectivity index is 3.19. The molecule has 0 nitrogen and oxygen atoms in total. The molecule has 0 saturated heterocycles. The standard InChI is InChI=1S/C12H22/c1-4-5-6-7-8-9-10-11-12(2)3/h9-11H,4-8H2,1-3H3/b10-9-. The molecule has 0 fully saturated rings. The monoisotopic (exact) mass is 166 g/mol. The number of unbranched alkanes of at least 4 members (excludes halogenated alkanes) is 4. The zero-order valence-corrected chi connectivity index (χ0v) is 8.77. The Hall–Kier alpha value is -0.520. The summed E-state index contributed by atoms with van der Waals surface area (Å²) in [6.45, 7) is 6.50. The van der Waals surface area contributed by atoms with Gasteiger partial charge in [0, 0.05) is 0 Å². The van der Waals surface area contributed by atoms with Crippen molar-refractivity contribution in [1.82, 2.24) is 0 Å². The van der Waals surface area contributed by atoms with Crippen molar-refractivity contribution in [3.8, 4) is 0 Å². The summed E-state index contributed by atoms with van der Waals surface area (Å²) < 4.78 is 0. The number of hydrogen-bond donors (Lipinski definition) is 0. The summed E-state index contributed by atoms with van der Waals surface area (Å²) in [6.07, 6.45) is 13.3. The van der Waals surface area contributed by atoms with Gasteiger partial charge in [-0.15, -0.1) is 0 Å². The van der Waals surface area contributed by atoms with Gasteiger partial charge in [-0.2, -0.15) is 0 Å². The third kappa shape index (κ3) is 9.48. The summed E-state index contributed by atoms with van der Waals surface area (Å²) >= 11 is 0. The summed E-state index contributed by atoms with van der Waals surface area (Å²) in [6, 6.07) is 0. The van der Waals surface area contributed by atoms with E-state index in [-0.39, 0.29) is 0 Å². The van der Waals surface area contributed by atoms with Crippen LogP contribution in [-0.4, -0.2) is 0 Å². The van der Waals surface area contributed by atoms with Gasteiger partial charge in [-0.1, -0.05) is 50.0 Å². The molecule has 70 valence electrons. The van der Waals surface area contributed by atoms with Crippen LogP contribution in [0.25, 0.3) is 0 Å². The van der Waals surface area contributed by atoms with Crippen LogP contribution in [0.15, 0.2) is 23.8 Å². The SMILES string of the molecule is CCCCCC/C=C\C=C(C)C. The maximum Gasteiger partial charge on any atom is -0.0348 e. The Labute approximate surface area is 77.4 Å². The summed E-state index contributed by atoms with van der Waals surface area (Å²) in [7, 11) is 0. The normalized spacial score (nSPS) is 10.6. The molecule has 0 aliphatic carbocycles. The molecule has 0 heteroatoms. The van der Waals surface area contributed by atoms with Gasteiger partial charge in [-0.05, 0) is 26.7 Å². The summed E-state index contributed by atoms with van der Waals surface area (Å²) in [5, 5.41) is 0. The molecule has 0 unspecified atom stereocenters. The number of rotatable bonds is 6. The zero-order chi connectivity index (χ0) is 9.23. The van der Waals surface area contributed by atoms with E-state index in [1.807, 2.05) is 0 Å². The highest BCUT2D eigenvalue weighted by Gasteiger charge is 1.83. The third-order valence-corrected chi connectivity index (χ3v) is 1.79. The van der Waals surface area contributed by atoms with E-state index in [0.717, 1.165) is 0 Å². The molecule has 0 aromatic rings. The smallest absolute Gasteiger partial charge is 0.0348 e. The molecule has 12 heavy (non-hydrogen) atoms. The second kappa shape index (κ2) is 8.58. The summed E-state index contributed by atoms with van der Waals surface area (Å²) in [4.78, 5) is 0. The first-order valence-electron chi connectivity index (χ1n) is 5.07. The quantitative estimate of drug-likeness (QED) is 0.403. The lowest BCUT2D eigenvalue weighted by atomic mass is 10.1. The van der Waals surface area contributed by atoms with E-state index in [4.69, 9.17) is 0 Å². The maximum atomic E-state index is 2.27. The van der Waals surface area contributed by atoms with Crippen LogP contribution >= 0.6 is 0 Å². The largest absolute Gasteiger partial charge is 0.0845 e. The molecule has 0 N–H and O–H groups in total. The Morgan fingerprint density at radius 3 is 2.42 bits per heavy atom. The molecular formula is C12H22. The highest BCUT2D eigenvalue weighted by Crippen LogP contribution is 2.03. The van der Waals surface area contributed by atoms with Crippen LogP contribution in [0.2, 0.25) is 0 Å². The first kappa shape index (κ1) is 11.5. The predicted molar refractivity (Wildman–Crippen MR) is 57.3 cm³/mol. The lowest BCUT2D eigenvalue weighted by Gasteiger charge is -1.93. The first-order chi connectivity index (χ1) is 5.77. The van der Waals surface area contributed by atoms with Crippen molar-refractivity contribution in [2.45, 2.75) is 52.9 Å². The van der Waals surface area contributed by atoms with E-state index >= 15 is 0 Å². The van der Waals surface area contributed by atoms with Gasteiger partial charge in [0.15, 0.2) is 0 Å². The van der Waals surface area contributed by atoms with E-state index in [2.05, 4.69) is 39.0 Å². The highest BCUT2D eigenvalue weighted by molar-refractivity contribution is 5.07. The Kier molecular flexibility index (Phi) is 8.20. The average Bonchev–Trinajstić information content (AvgIpc) is 2.02. The van der Waals surface area contributed by atoms with Crippen molar-refractivity contribution < 1.29 is 0 Å². The van der Waals surface area contributed by atoms with Gasteiger partial charge in [0.1, 0.15) is 0 Å². The van der Waals surface area contributed by atoms with Crippen LogP contribution in [0.3, 0.4) is 0 Å². The Morgan fingerprint density at radius 1 is 1.08 bits per heavy atom. The van der Waals surface area contributed by atoms with Crippen LogP contribution in [-0.2, 0) is 0 Å². The van der Waals surface area contributed by atoms with Crippen molar-refractivity contribution in [3.05, 3.63) is 23.8 Å². The van der Waals surface area contributed by atoms with E-state index in [1.165, 1.54) is 37.7 Å². The minimum Gasteiger partial charge on any atom is -0.0845 e. The fraction of sp³-hybridized carbons (Fsp3) is 0.667. The van der Waals surface area contributed by atoms with Crippen molar-refractivity contribution >= 4 is 0 Å². The molecule has 0 spiro atoms. The molecule has 0 aliphatic heterocycles. The molecule has 0 saturated carbocycles. The third-order valence-electron chi connectivity index (χ3n) is 1.79. The van der Waals surface area contributed by atoms with E-state index in [1.54, 1.807) is 0 Å². The van der Waals surface area contributed by atoms with Gasteiger partial charge in [-0.25, -0.2) is 0 Å². The van der Waals surface area contributed by atoms with Crippen molar-refractivity contribution in [2.75, 3.05) is 0 Å². The van der Waals surface area contributed by atoms with Crippen molar-refractivity contribution in [1.29, 1.82) is 0 Å². The highest BCUT2D eigenvalue weighted by atomic mass is 13.9. The summed E-state index contributed by atoms with van der Waals surface area (Å²) in [5.74, 6) is 0. The van der Waals surface area contributed by atoms with Crippen LogP contribution in [0, 0.1) is 0 Å². The topological polar surface area (TPSA) is 0 Å². The van der Waals surface area contributed by atoms with Gasteiger partial charge in [-0.3, -0.25) is 0 Å². The minimum atomic E-state index is 1.24. The second-order valence-corrected chi connectivity index (χ2v) is 3.52. The second-order valence-electron chi connectivity index (χ2n) is 3.52. The Bertz CT molecular complexity index is 136. The van der Waals surface area contributed by atoms with Crippen LogP contribution in [0.4, 0.5) is 0 Å². The fourth-order valence-corrected chi connectivity index (χ4v) is 1.05. The molecule has 0 heterocycles. The van der Waals surface area contributed by atoms with Gasteiger partial charge in [0.05, 0.1) is 0 Å². The molecule has 0 rings (SSSR count). The lowest BCUT2D eigenvalue weighted by Crippen LogP contribution is -1.73. The van der Waals surface area contributed by atoms with Gasteiger partial charge >= 0.3 is 0 Å².